The highest BCUT2D eigenvalue weighted by molar-refractivity contribution is 6.05. The van der Waals surface area contributed by atoms with Gasteiger partial charge in [0, 0.05) is 17.1 Å². The van der Waals surface area contributed by atoms with Crippen LogP contribution in [0.2, 0.25) is 0 Å². The molecule has 0 radical (unpaired) electrons. The molecule has 1 aliphatic rings. The van der Waals surface area contributed by atoms with Gasteiger partial charge in [-0.3, -0.25) is 9.78 Å². The Morgan fingerprint density at radius 1 is 1.32 bits per heavy atom. The second-order valence-electron chi connectivity index (χ2n) is 5.51. The zero-order valence-electron chi connectivity index (χ0n) is 12.5. The number of fused-ring (bicyclic) bond motifs is 1. The van der Waals surface area contributed by atoms with E-state index in [-0.39, 0.29) is 5.96 Å². The highest BCUT2D eigenvalue weighted by atomic mass is 16.1. The fraction of sp³-hybridized carbons (Fsp3) is 0.235. The quantitative estimate of drug-likeness (QED) is 0.657. The monoisotopic (exact) mass is 294 g/mol. The van der Waals surface area contributed by atoms with E-state index in [4.69, 9.17) is 11.5 Å². The Hall–Kier alpha value is -2.69. The summed E-state index contributed by atoms with van der Waals surface area (Å²) < 4.78 is 0. The molecule has 3 rings (SSSR count). The number of hydrogen-bond donors (Lipinski definition) is 2. The third-order valence-corrected chi connectivity index (χ3v) is 3.90. The molecule has 22 heavy (non-hydrogen) atoms. The van der Waals surface area contributed by atoms with Crippen LogP contribution in [0, 0.1) is 6.92 Å². The highest BCUT2D eigenvalue weighted by Gasteiger charge is 2.15. The number of carbonyl (C=O) groups excluding carboxylic acids is 1. The smallest absolute Gasteiger partial charge is 0.280 e. The summed E-state index contributed by atoms with van der Waals surface area (Å²) in [5.74, 6) is -0.659. The van der Waals surface area contributed by atoms with Crippen molar-refractivity contribution in [2.45, 2.75) is 26.2 Å². The summed E-state index contributed by atoms with van der Waals surface area (Å²) in [5, 5.41) is 0.977. The summed E-state index contributed by atoms with van der Waals surface area (Å²) in [7, 11) is 0. The number of pyridine rings is 1. The highest BCUT2D eigenvalue weighted by Crippen LogP contribution is 2.33. The third-order valence-electron chi connectivity index (χ3n) is 3.90. The number of rotatable bonds is 2. The number of carbonyl (C=O) groups is 1. The zero-order valence-corrected chi connectivity index (χ0v) is 12.5. The summed E-state index contributed by atoms with van der Waals surface area (Å²) >= 11 is 0. The van der Waals surface area contributed by atoms with E-state index in [0.29, 0.717) is 5.56 Å². The maximum absolute atomic E-state index is 12.1. The van der Waals surface area contributed by atoms with Crippen LogP contribution in [0.5, 0.6) is 0 Å². The number of aromatic nitrogens is 1. The molecule has 0 saturated heterocycles. The first-order chi connectivity index (χ1) is 10.6. The SMILES string of the molecule is Cc1cc(C(=O)N=C(N)N)cc2c(C3=CCCC3)ccnc12. The molecular weight excluding hydrogens is 276 g/mol. The molecule has 1 aromatic carbocycles. The predicted molar refractivity (Wildman–Crippen MR) is 88.4 cm³/mol. The maximum Gasteiger partial charge on any atom is 0.280 e. The van der Waals surface area contributed by atoms with Gasteiger partial charge in [0.2, 0.25) is 0 Å². The molecule has 0 atom stereocenters. The van der Waals surface area contributed by atoms with Gasteiger partial charge in [0.25, 0.3) is 5.91 Å². The van der Waals surface area contributed by atoms with Gasteiger partial charge in [0.15, 0.2) is 5.96 Å². The molecule has 1 heterocycles. The van der Waals surface area contributed by atoms with Crippen molar-refractivity contribution in [2.24, 2.45) is 16.5 Å². The molecule has 5 nitrogen and oxygen atoms in total. The first-order valence-corrected chi connectivity index (χ1v) is 7.29. The molecule has 112 valence electrons. The van der Waals surface area contributed by atoms with Crippen LogP contribution in [0.15, 0.2) is 35.5 Å². The normalized spacial score (nSPS) is 14.0. The molecule has 1 aliphatic carbocycles. The number of hydrogen-bond acceptors (Lipinski definition) is 2. The van der Waals surface area contributed by atoms with E-state index in [0.717, 1.165) is 34.9 Å². The van der Waals surface area contributed by atoms with E-state index in [1.165, 1.54) is 12.0 Å². The van der Waals surface area contributed by atoms with Gasteiger partial charge in [-0.25, -0.2) is 0 Å². The lowest BCUT2D eigenvalue weighted by Crippen LogP contribution is -2.24. The minimum Gasteiger partial charge on any atom is -0.370 e. The molecule has 0 unspecified atom stereocenters. The summed E-state index contributed by atoms with van der Waals surface area (Å²) in [5.41, 5.74) is 15.4. The van der Waals surface area contributed by atoms with E-state index in [1.807, 2.05) is 25.3 Å². The number of aryl methyl sites for hydroxylation is 1. The van der Waals surface area contributed by atoms with E-state index >= 15 is 0 Å². The lowest BCUT2D eigenvalue weighted by Gasteiger charge is -2.10. The molecule has 2 aromatic rings. The van der Waals surface area contributed by atoms with Crippen LogP contribution in [-0.4, -0.2) is 16.9 Å². The number of nitrogens with zero attached hydrogens (tertiary/aromatic N) is 2. The minimum atomic E-state index is -0.430. The Balaban J connectivity index is 2.21. The molecule has 0 aliphatic heterocycles. The Labute approximate surface area is 128 Å². The van der Waals surface area contributed by atoms with Crippen molar-refractivity contribution in [3.63, 3.8) is 0 Å². The van der Waals surface area contributed by atoms with E-state index in [2.05, 4.69) is 16.1 Å². The number of nitrogens with two attached hydrogens (primary N) is 2. The molecular formula is C17H18N4O. The van der Waals surface area contributed by atoms with Crippen molar-refractivity contribution in [3.8, 4) is 0 Å². The minimum absolute atomic E-state index is 0.229. The Kier molecular flexibility index (Phi) is 3.63. The third kappa shape index (κ3) is 2.57. The summed E-state index contributed by atoms with van der Waals surface area (Å²) in [4.78, 5) is 20.2. The number of allylic oxidation sites excluding steroid dienone is 2. The molecule has 0 spiro atoms. The van der Waals surface area contributed by atoms with Crippen molar-refractivity contribution in [2.75, 3.05) is 0 Å². The summed E-state index contributed by atoms with van der Waals surface area (Å²) in [6.07, 6.45) is 7.41. The Morgan fingerprint density at radius 2 is 2.14 bits per heavy atom. The fourth-order valence-corrected chi connectivity index (χ4v) is 2.93. The van der Waals surface area contributed by atoms with E-state index in [1.54, 1.807) is 6.07 Å². The van der Waals surface area contributed by atoms with Gasteiger partial charge in [0.1, 0.15) is 0 Å². The Bertz CT molecular complexity index is 817. The molecule has 5 heteroatoms. The summed E-state index contributed by atoms with van der Waals surface area (Å²) in [6, 6.07) is 5.61. The predicted octanol–water partition coefficient (Wildman–Crippen LogP) is 2.52. The average molecular weight is 294 g/mol. The van der Waals surface area contributed by atoms with Crippen molar-refractivity contribution < 1.29 is 4.79 Å². The largest absolute Gasteiger partial charge is 0.370 e. The first-order valence-electron chi connectivity index (χ1n) is 7.29. The maximum atomic E-state index is 12.1. The van der Waals surface area contributed by atoms with Crippen LogP contribution >= 0.6 is 0 Å². The van der Waals surface area contributed by atoms with Crippen LogP contribution in [0.1, 0.15) is 40.7 Å². The molecule has 1 aromatic heterocycles. The molecule has 0 saturated carbocycles. The lowest BCUT2D eigenvalue weighted by atomic mass is 9.97. The van der Waals surface area contributed by atoms with Crippen LogP contribution in [-0.2, 0) is 0 Å². The van der Waals surface area contributed by atoms with E-state index in [9.17, 15) is 4.79 Å². The molecule has 4 N–H and O–H groups in total. The van der Waals surface area contributed by atoms with Crippen molar-refractivity contribution in [1.82, 2.24) is 4.98 Å². The van der Waals surface area contributed by atoms with Crippen molar-refractivity contribution in [3.05, 3.63) is 47.2 Å². The Morgan fingerprint density at radius 3 is 2.82 bits per heavy atom. The van der Waals surface area contributed by atoms with Gasteiger partial charge in [-0.15, -0.1) is 0 Å². The first kappa shape index (κ1) is 14.3. The standard InChI is InChI=1S/C17H18N4O/c1-10-8-12(16(22)21-17(18)19)9-14-13(6-7-20-15(10)14)11-4-2-3-5-11/h4,6-9H,2-3,5H2,1H3,(H4,18,19,21,22). The van der Waals surface area contributed by atoms with Gasteiger partial charge in [0.05, 0.1) is 5.52 Å². The average Bonchev–Trinajstić information content (AvgIpc) is 3.00. The second-order valence-corrected chi connectivity index (χ2v) is 5.51. The number of benzene rings is 1. The molecule has 1 amide bonds. The van der Waals surface area contributed by atoms with Gasteiger partial charge in [-0.2, -0.15) is 4.99 Å². The topological polar surface area (TPSA) is 94.4 Å². The van der Waals surface area contributed by atoms with Crippen LogP contribution in [0.25, 0.3) is 16.5 Å². The van der Waals surface area contributed by atoms with Crippen LogP contribution in [0.3, 0.4) is 0 Å². The van der Waals surface area contributed by atoms with Crippen molar-refractivity contribution >= 4 is 28.3 Å². The zero-order chi connectivity index (χ0) is 15.7. The molecule has 0 bridgehead atoms. The number of guanidine groups is 1. The lowest BCUT2D eigenvalue weighted by molar-refractivity contribution is 0.100. The molecule has 0 fully saturated rings. The van der Waals surface area contributed by atoms with Crippen LogP contribution in [0.4, 0.5) is 0 Å². The summed E-state index contributed by atoms with van der Waals surface area (Å²) in [6.45, 7) is 1.94. The van der Waals surface area contributed by atoms with Gasteiger partial charge in [-0.05, 0) is 61.1 Å². The van der Waals surface area contributed by atoms with Gasteiger partial charge < -0.3 is 11.5 Å². The van der Waals surface area contributed by atoms with E-state index < -0.39 is 5.91 Å². The van der Waals surface area contributed by atoms with Gasteiger partial charge >= 0.3 is 0 Å². The second kappa shape index (κ2) is 5.60. The van der Waals surface area contributed by atoms with Crippen molar-refractivity contribution in [1.29, 1.82) is 0 Å². The van der Waals surface area contributed by atoms with Crippen LogP contribution < -0.4 is 11.5 Å². The number of aliphatic imine (C=N–C) groups is 1. The van der Waals surface area contributed by atoms with Gasteiger partial charge in [-0.1, -0.05) is 6.08 Å². The number of amides is 1. The fourth-order valence-electron chi connectivity index (χ4n) is 2.93.